The Kier molecular flexibility index (Phi) is 7.79. The fraction of sp³-hybridized carbons (Fsp3) is 0.393. The van der Waals surface area contributed by atoms with Gasteiger partial charge in [0.05, 0.1) is 24.5 Å². The molecule has 4 nitrogen and oxygen atoms in total. The molecular weight excluding hydrogens is 398 g/mol. The third-order valence-corrected chi connectivity index (χ3v) is 5.60. The molecule has 0 saturated heterocycles. The molecule has 0 fully saturated rings. The van der Waals surface area contributed by atoms with E-state index in [1.807, 2.05) is 45.9 Å². The lowest BCUT2D eigenvalue weighted by molar-refractivity contribution is 0.227. The number of methoxy groups -OCH3 is 1. The van der Waals surface area contributed by atoms with Crippen LogP contribution in [-0.2, 0) is 19.4 Å². The molecule has 32 heavy (non-hydrogen) atoms. The SMILES string of the molecule is CCc1cccc(CC)c1-c1cc(OC(C)C)c(COc2cc(C)ccc2OC)c(C)n1. The number of hydrogen-bond acceptors (Lipinski definition) is 4. The lowest BCUT2D eigenvalue weighted by Crippen LogP contribution is -2.12. The lowest BCUT2D eigenvalue weighted by Gasteiger charge is -2.20. The van der Waals surface area contributed by atoms with Crippen molar-refractivity contribution in [3.63, 3.8) is 0 Å². The van der Waals surface area contributed by atoms with Crippen LogP contribution in [0.2, 0.25) is 0 Å². The predicted molar refractivity (Wildman–Crippen MR) is 131 cm³/mol. The van der Waals surface area contributed by atoms with Crippen LogP contribution in [0.15, 0.2) is 42.5 Å². The van der Waals surface area contributed by atoms with Gasteiger partial charge in [-0.05, 0) is 69.4 Å². The van der Waals surface area contributed by atoms with Gasteiger partial charge in [0.25, 0.3) is 0 Å². The van der Waals surface area contributed by atoms with E-state index in [2.05, 4.69) is 38.1 Å². The Bertz CT molecular complexity index is 1050. The number of ether oxygens (including phenoxy) is 3. The molecular formula is C28H35NO3. The minimum absolute atomic E-state index is 0.0453. The van der Waals surface area contributed by atoms with Crippen LogP contribution in [0, 0.1) is 13.8 Å². The number of rotatable bonds is 9. The molecule has 0 amide bonds. The molecule has 170 valence electrons. The maximum absolute atomic E-state index is 6.25. The first kappa shape index (κ1) is 23.6. The number of aromatic nitrogens is 1. The summed E-state index contributed by atoms with van der Waals surface area (Å²) < 4.78 is 17.9. The number of benzene rings is 2. The van der Waals surface area contributed by atoms with Gasteiger partial charge in [0, 0.05) is 17.3 Å². The first-order chi connectivity index (χ1) is 15.4. The van der Waals surface area contributed by atoms with E-state index in [0.717, 1.165) is 46.9 Å². The van der Waals surface area contributed by atoms with E-state index in [4.69, 9.17) is 19.2 Å². The molecule has 0 unspecified atom stereocenters. The van der Waals surface area contributed by atoms with Crippen molar-refractivity contribution >= 4 is 0 Å². The number of pyridine rings is 1. The second-order valence-electron chi connectivity index (χ2n) is 8.34. The van der Waals surface area contributed by atoms with E-state index in [9.17, 15) is 0 Å². The average Bonchev–Trinajstić information content (AvgIpc) is 2.77. The highest BCUT2D eigenvalue weighted by Gasteiger charge is 2.18. The Morgan fingerprint density at radius 2 is 1.56 bits per heavy atom. The van der Waals surface area contributed by atoms with Gasteiger partial charge < -0.3 is 14.2 Å². The van der Waals surface area contributed by atoms with Crippen LogP contribution in [0.25, 0.3) is 11.3 Å². The minimum atomic E-state index is 0.0453. The Morgan fingerprint density at radius 3 is 2.16 bits per heavy atom. The van der Waals surface area contributed by atoms with Gasteiger partial charge in [0.15, 0.2) is 11.5 Å². The van der Waals surface area contributed by atoms with Crippen LogP contribution in [0.5, 0.6) is 17.2 Å². The zero-order valence-corrected chi connectivity index (χ0v) is 20.4. The molecule has 0 aliphatic heterocycles. The minimum Gasteiger partial charge on any atom is -0.493 e. The fourth-order valence-corrected chi connectivity index (χ4v) is 3.95. The molecule has 3 rings (SSSR count). The van der Waals surface area contributed by atoms with Gasteiger partial charge in [-0.15, -0.1) is 0 Å². The quantitative estimate of drug-likeness (QED) is 0.369. The van der Waals surface area contributed by atoms with Crippen LogP contribution < -0.4 is 14.2 Å². The topological polar surface area (TPSA) is 40.6 Å². The molecule has 2 aromatic carbocycles. The summed E-state index contributed by atoms with van der Waals surface area (Å²) in [4.78, 5) is 5.01. The summed E-state index contributed by atoms with van der Waals surface area (Å²) in [5.74, 6) is 2.26. The standard InChI is InChI=1S/C28H35NO3/c1-8-21-11-10-12-22(9-2)28(21)24-16-26(32-18(3)4)23(20(6)29-24)17-31-27-15-19(5)13-14-25(27)30-7/h10-16,18H,8-9,17H2,1-7H3. The van der Waals surface area contributed by atoms with Gasteiger partial charge in [0.2, 0.25) is 0 Å². The van der Waals surface area contributed by atoms with Gasteiger partial charge in [-0.25, -0.2) is 0 Å². The first-order valence-electron chi connectivity index (χ1n) is 11.4. The molecule has 3 aromatic rings. The summed E-state index contributed by atoms with van der Waals surface area (Å²) in [6.07, 6.45) is 1.97. The zero-order chi connectivity index (χ0) is 23.3. The Balaban J connectivity index is 2.05. The highest BCUT2D eigenvalue weighted by Crippen LogP contribution is 2.35. The maximum atomic E-state index is 6.25. The van der Waals surface area contributed by atoms with Crippen LogP contribution in [-0.4, -0.2) is 18.2 Å². The smallest absolute Gasteiger partial charge is 0.161 e. The predicted octanol–water partition coefficient (Wildman–Crippen LogP) is 6.87. The van der Waals surface area contributed by atoms with Crippen molar-refractivity contribution in [1.29, 1.82) is 0 Å². The van der Waals surface area contributed by atoms with Gasteiger partial charge in [-0.1, -0.05) is 38.1 Å². The van der Waals surface area contributed by atoms with Crippen molar-refractivity contribution in [3.8, 4) is 28.5 Å². The van der Waals surface area contributed by atoms with E-state index in [0.29, 0.717) is 12.4 Å². The van der Waals surface area contributed by atoms with Crippen molar-refractivity contribution in [2.75, 3.05) is 7.11 Å². The van der Waals surface area contributed by atoms with Gasteiger partial charge in [-0.2, -0.15) is 0 Å². The van der Waals surface area contributed by atoms with Crippen molar-refractivity contribution in [2.45, 2.75) is 67.1 Å². The molecule has 0 atom stereocenters. The van der Waals surface area contributed by atoms with Gasteiger partial charge in [0.1, 0.15) is 12.4 Å². The Labute approximate surface area is 192 Å². The second kappa shape index (κ2) is 10.5. The molecule has 0 aliphatic carbocycles. The molecule has 0 radical (unpaired) electrons. The first-order valence-corrected chi connectivity index (χ1v) is 11.4. The molecule has 0 spiro atoms. The molecule has 1 aromatic heterocycles. The fourth-order valence-electron chi connectivity index (χ4n) is 3.95. The largest absolute Gasteiger partial charge is 0.493 e. The summed E-state index contributed by atoms with van der Waals surface area (Å²) in [6, 6.07) is 14.5. The van der Waals surface area contributed by atoms with Crippen LogP contribution in [0.4, 0.5) is 0 Å². The summed E-state index contributed by atoms with van der Waals surface area (Å²) >= 11 is 0. The van der Waals surface area contributed by atoms with Crippen LogP contribution >= 0.6 is 0 Å². The molecule has 1 heterocycles. The van der Waals surface area contributed by atoms with E-state index < -0.39 is 0 Å². The normalized spacial score (nSPS) is 11.0. The molecule has 0 N–H and O–H groups in total. The van der Waals surface area contributed by atoms with E-state index in [1.165, 1.54) is 16.7 Å². The average molecular weight is 434 g/mol. The summed E-state index contributed by atoms with van der Waals surface area (Å²) in [5, 5.41) is 0. The third kappa shape index (κ3) is 5.24. The van der Waals surface area contributed by atoms with Crippen molar-refractivity contribution in [3.05, 3.63) is 70.4 Å². The van der Waals surface area contributed by atoms with Crippen LogP contribution in [0.1, 0.15) is 55.6 Å². The number of aryl methyl sites for hydroxylation is 4. The van der Waals surface area contributed by atoms with Gasteiger partial charge >= 0.3 is 0 Å². The van der Waals surface area contributed by atoms with Gasteiger partial charge in [-0.3, -0.25) is 4.98 Å². The Morgan fingerprint density at radius 1 is 0.875 bits per heavy atom. The van der Waals surface area contributed by atoms with Crippen molar-refractivity contribution in [1.82, 2.24) is 4.98 Å². The van der Waals surface area contributed by atoms with Crippen LogP contribution in [0.3, 0.4) is 0 Å². The summed E-state index contributed by atoms with van der Waals surface area (Å²) in [5.41, 5.74) is 7.79. The highest BCUT2D eigenvalue weighted by molar-refractivity contribution is 5.70. The molecule has 0 bridgehead atoms. The monoisotopic (exact) mass is 433 g/mol. The van der Waals surface area contributed by atoms with E-state index >= 15 is 0 Å². The van der Waals surface area contributed by atoms with E-state index in [-0.39, 0.29) is 6.10 Å². The third-order valence-electron chi connectivity index (χ3n) is 5.60. The Hall–Kier alpha value is -3.01. The maximum Gasteiger partial charge on any atom is 0.161 e. The summed E-state index contributed by atoms with van der Waals surface area (Å²) in [6.45, 7) is 12.9. The molecule has 0 saturated carbocycles. The lowest BCUT2D eigenvalue weighted by atomic mass is 9.94. The van der Waals surface area contributed by atoms with E-state index in [1.54, 1.807) is 7.11 Å². The second-order valence-corrected chi connectivity index (χ2v) is 8.34. The van der Waals surface area contributed by atoms with Crippen molar-refractivity contribution < 1.29 is 14.2 Å². The van der Waals surface area contributed by atoms with Crippen molar-refractivity contribution in [2.24, 2.45) is 0 Å². The highest BCUT2D eigenvalue weighted by atomic mass is 16.5. The number of nitrogens with zero attached hydrogens (tertiary/aromatic N) is 1. The molecule has 4 heteroatoms. The molecule has 0 aliphatic rings. The summed E-state index contributed by atoms with van der Waals surface area (Å²) in [7, 11) is 1.66. The zero-order valence-electron chi connectivity index (χ0n) is 20.4. The number of hydrogen-bond donors (Lipinski definition) is 0.